The van der Waals surface area contributed by atoms with E-state index in [0.29, 0.717) is 6.04 Å². The molecule has 4 heteroatoms. The second-order valence-electron chi connectivity index (χ2n) is 4.15. The lowest BCUT2D eigenvalue weighted by Crippen LogP contribution is -2.29. The molecule has 1 aromatic heterocycles. The first-order valence-corrected chi connectivity index (χ1v) is 5.53. The van der Waals surface area contributed by atoms with Crippen molar-refractivity contribution in [2.45, 2.75) is 32.7 Å². The van der Waals surface area contributed by atoms with Gasteiger partial charge in [0.1, 0.15) is 0 Å². The number of aryl methyl sites for hydroxylation is 2. The molecule has 1 atom stereocenters. The lowest BCUT2D eigenvalue weighted by molar-refractivity contribution is 0.631. The molecule has 1 unspecified atom stereocenters. The molecule has 0 aromatic carbocycles. The van der Waals surface area contributed by atoms with Crippen molar-refractivity contribution in [1.82, 2.24) is 15.3 Å². The molecule has 15 heavy (non-hydrogen) atoms. The predicted octanol–water partition coefficient (Wildman–Crippen LogP) is 1.26. The van der Waals surface area contributed by atoms with Gasteiger partial charge in [0.2, 0.25) is 5.95 Å². The Morgan fingerprint density at radius 3 is 2.73 bits per heavy atom. The highest BCUT2D eigenvalue weighted by Crippen LogP contribution is 2.07. The normalized spacial score (nSPS) is 20.5. The van der Waals surface area contributed by atoms with Gasteiger partial charge in [0.15, 0.2) is 0 Å². The highest BCUT2D eigenvalue weighted by atomic mass is 15.1. The Bertz CT molecular complexity index is 311. The van der Waals surface area contributed by atoms with Gasteiger partial charge in [-0.15, -0.1) is 0 Å². The van der Waals surface area contributed by atoms with Gasteiger partial charge in [0, 0.05) is 24.0 Å². The van der Waals surface area contributed by atoms with Crippen molar-refractivity contribution >= 4 is 5.95 Å². The van der Waals surface area contributed by atoms with Crippen molar-refractivity contribution in [2.24, 2.45) is 0 Å². The Hall–Kier alpha value is -1.16. The number of anilines is 1. The average molecular weight is 206 g/mol. The van der Waals surface area contributed by atoms with E-state index in [1.54, 1.807) is 0 Å². The molecule has 1 aliphatic rings. The van der Waals surface area contributed by atoms with Crippen molar-refractivity contribution in [1.29, 1.82) is 0 Å². The summed E-state index contributed by atoms with van der Waals surface area (Å²) in [7, 11) is 0. The molecule has 1 aromatic rings. The number of rotatable bonds is 3. The standard InChI is InChI=1S/C11H18N4/c1-8-6-9(2)15-11(14-8)13-7-10-4-3-5-12-10/h6,10,12H,3-5,7H2,1-2H3,(H,13,14,15). The predicted molar refractivity (Wildman–Crippen MR) is 61.0 cm³/mol. The van der Waals surface area contributed by atoms with Crippen molar-refractivity contribution < 1.29 is 0 Å². The van der Waals surface area contributed by atoms with Crippen LogP contribution in [0.4, 0.5) is 5.95 Å². The van der Waals surface area contributed by atoms with E-state index in [9.17, 15) is 0 Å². The van der Waals surface area contributed by atoms with E-state index < -0.39 is 0 Å². The molecule has 82 valence electrons. The third-order valence-corrected chi connectivity index (χ3v) is 2.65. The van der Waals surface area contributed by atoms with Gasteiger partial charge < -0.3 is 10.6 Å². The number of hydrogen-bond donors (Lipinski definition) is 2. The maximum Gasteiger partial charge on any atom is 0.223 e. The molecule has 0 aliphatic carbocycles. The molecular formula is C11H18N4. The molecule has 1 saturated heterocycles. The van der Waals surface area contributed by atoms with E-state index in [0.717, 1.165) is 30.4 Å². The summed E-state index contributed by atoms with van der Waals surface area (Å²) in [6, 6.07) is 2.56. The molecule has 1 fully saturated rings. The fourth-order valence-corrected chi connectivity index (χ4v) is 1.95. The van der Waals surface area contributed by atoms with Crippen LogP contribution in [0.2, 0.25) is 0 Å². The van der Waals surface area contributed by atoms with E-state index in [1.165, 1.54) is 12.8 Å². The lowest BCUT2D eigenvalue weighted by atomic mass is 10.2. The van der Waals surface area contributed by atoms with Crippen LogP contribution >= 0.6 is 0 Å². The average Bonchev–Trinajstić information content (AvgIpc) is 2.65. The quantitative estimate of drug-likeness (QED) is 0.781. The smallest absolute Gasteiger partial charge is 0.223 e. The number of hydrogen-bond acceptors (Lipinski definition) is 4. The van der Waals surface area contributed by atoms with Crippen LogP contribution in [0, 0.1) is 13.8 Å². The SMILES string of the molecule is Cc1cc(C)nc(NCC2CCCN2)n1. The number of aromatic nitrogens is 2. The van der Waals surface area contributed by atoms with Gasteiger partial charge in [-0.05, 0) is 39.3 Å². The monoisotopic (exact) mass is 206 g/mol. The Morgan fingerprint density at radius 1 is 1.40 bits per heavy atom. The molecule has 0 bridgehead atoms. The summed E-state index contributed by atoms with van der Waals surface area (Å²) in [6.07, 6.45) is 2.53. The Balaban J connectivity index is 1.92. The highest BCUT2D eigenvalue weighted by Gasteiger charge is 2.13. The van der Waals surface area contributed by atoms with Gasteiger partial charge in [0.05, 0.1) is 0 Å². The molecule has 0 amide bonds. The first kappa shape index (κ1) is 10.4. The van der Waals surface area contributed by atoms with Crippen molar-refractivity contribution in [2.75, 3.05) is 18.4 Å². The zero-order valence-corrected chi connectivity index (χ0v) is 9.38. The van der Waals surface area contributed by atoms with Gasteiger partial charge in [-0.25, -0.2) is 9.97 Å². The van der Waals surface area contributed by atoms with E-state index in [-0.39, 0.29) is 0 Å². The Labute approximate surface area is 90.5 Å². The molecule has 0 spiro atoms. The molecule has 2 N–H and O–H groups in total. The van der Waals surface area contributed by atoms with Gasteiger partial charge in [-0.1, -0.05) is 0 Å². The molecule has 2 rings (SSSR count). The van der Waals surface area contributed by atoms with Crippen LogP contribution < -0.4 is 10.6 Å². The van der Waals surface area contributed by atoms with Crippen LogP contribution in [-0.2, 0) is 0 Å². The first-order chi connectivity index (χ1) is 7.24. The summed E-state index contributed by atoms with van der Waals surface area (Å²) >= 11 is 0. The first-order valence-electron chi connectivity index (χ1n) is 5.53. The number of nitrogens with zero attached hydrogens (tertiary/aromatic N) is 2. The van der Waals surface area contributed by atoms with Crippen LogP contribution in [0.15, 0.2) is 6.07 Å². The third kappa shape index (κ3) is 2.89. The van der Waals surface area contributed by atoms with Gasteiger partial charge in [-0.3, -0.25) is 0 Å². The van der Waals surface area contributed by atoms with E-state index in [1.807, 2.05) is 19.9 Å². The Kier molecular flexibility index (Phi) is 3.16. The summed E-state index contributed by atoms with van der Waals surface area (Å²) < 4.78 is 0. The van der Waals surface area contributed by atoms with Crippen LogP contribution in [0.3, 0.4) is 0 Å². The second kappa shape index (κ2) is 4.57. The molecule has 1 aliphatic heterocycles. The topological polar surface area (TPSA) is 49.8 Å². The second-order valence-corrected chi connectivity index (χ2v) is 4.15. The maximum absolute atomic E-state index is 4.34. The van der Waals surface area contributed by atoms with Crippen LogP contribution in [0.25, 0.3) is 0 Å². The lowest BCUT2D eigenvalue weighted by Gasteiger charge is -2.11. The van der Waals surface area contributed by atoms with Gasteiger partial charge in [-0.2, -0.15) is 0 Å². The molecule has 0 saturated carbocycles. The van der Waals surface area contributed by atoms with E-state index in [4.69, 9.17) is 0 Å². The number of nitrogens with one attached hydrogen (secondary N) is 2. The zero-order chi connectivity index (χ0) is 10.7. The molecule has 0 radical (unpaired) electrons. The fraction of sp³-hybridized carbons (Fsp3) is 0.636. The third-order valence-electron chi connectivity index (χ3n) is 2.65. The maximum atomic E-state index is 4.34. The van der Waals surface area contributed by atoms with Gasteiger partial charge >= 0.3 is 0 Å². The molecule has 2 heterocycles. The largest absolute Gasteiger partial charge is 0.353 e. The zero-order valence-electron chi connectivity index (χ0n) is 9.38. The minimum absolute atomic E-state index is 0.578. The molecular weight excluding hydrogens is 188 g/mol. The van der Waals surface area contributed by atoms with Crippen LogP contribution in [0.5, 0.6) is 0 Å². The Morgan fingerprint density at radius 2 is 2.13 bits per heavy atom. The summed E-state index contributed by atoms with van der Waals surface area (Å²) in [4.78, 5) is 8.69. The summed E-state index contributed by atoms with van der Waals surface area (Å²) in [5.74, 6) is 0.751. The van der Waals surface area contributed by atoms with Crippen molar-refractivity contribution in [3.8, 4) is 0 Å². The summed E-state index contributed by atoms with van der Waals surface area (Å²) in [6.45, 7) is 6.05. The minimum atomic E-state index is 0.578. The van der Waals surface area contributed by atoms with Crippen molar-refractivity contribution in [3.05, 3.63) is 17.5 Å². The van der Waals surface area contributed by atoms with E-state index in [2.05, 4.69) is 20.6 Å². The summed E-state index contributed by atoms with van der Waals surface area (Å²) in [5.41, 5.74) is 2.04. The minimum Gasteiger partial charge on any atom is -0.353 e. The van der Waals surface area contributed by atoms with Crippen molar-refractivity contribution in [3.63, 3.8) is 0 Å². The fourth-order valence-electron chi connectivity index (χ4n) is 1.95. The highest BCUT2D eigenvalue weighted by molar-refractivity contribution is 5.27. The van der Waals surface area contributed by atoms with E-state index >= 15 is 0 Å². The van der Waals surface area contributed by atoms with Crippen LogP contribution in [0.1, 0.15) is 24.2 Å². The summed E-state index contributed by atoms with van der Waals surface area (Å²) in [5, 5.41) is 6.72. The van der Waals surface area contributed by atoms with Gasteiger partial charge in [0.25, 0.3) is 0 Å². The molecule has 4 nitrogen and oxygen atoms in total. The van der Waals surface area contributed by atoms with Crippen LogP contribution in [-0.4, -0.2) is 29.1 Å².